The summed E-state index contributed by atoms with van der Waals surface area (Å²) in [5.41, 5.74) is 0.289. The van der Waals surface area contributed by atoms with Crippen molar-refractivity contribution in [3.05, 3.63) is 0 Å². The van der Waals surface area contributed by atoms with Crippen molar-refractivity contribution in [3.63, 3.8) is 0 Å². The second kappa shape index (κ2) is 7.67. The first kappa shape index (κ1) is 17.0. The highest BCUT2D eigenvalue weighted by atomic mass is 127. The predicted molar refractivity (Wildman–Crippen MR) is 90.3 cm³/mol. The summed E-state index contributed by atoms with van der Waals surface area (Å²) in [6.07, 6.45) is 5.00. The molecule has 0 saturated heterocycles. The molecule has 1 aliphatic carbocycles. The van der Waals surface area contributed by atoms with E-state index in [1.165, 1.54) is 12.8 Å². The Morgan fingerprint density at radius 1 is 1.37 bits per heavy atom. The fraction of sp³-hybridized carbons (Fsp3) is 0.929. The molecule has 0 aromatic rings. The number of halogens is 1. The fourth-order valence-electron chi connectivity index (χ4n) is 3.38. The minimum atomic E-state index is 0. The lowest BCUT2D eigenvalue weighted by molar-refractivity contribution is -0.133. The monoisotopic (exact) mass is 381 g/mol. The number of hydrogen-bond acceptors (Lipinski definition) is 4. The standard InChI is InChI=1S/C14H27N3O.HI/c1-4-14(5-2)11(10-12(14)18-6-3)17-13-15-8-7-9-16-13;/h11-12H,4-10H2,1-3H3,(H2,15,16,17);1H. The molecule has 2 rings (SSSR count). The van der Waals surface area contributed by atoms with Crippen molar-refractivity contribution in [3.8, 4) is 0 Å². The summed E-state index contributed by atoms with van der Waals surface area (Å²) >= 11 is 0. The summed E-state index contributed by atoms with van der Waals surface area (Å²) in [6, 6.07) is 0.508. The highest BCUT2D eigenvalue weighted by Crippen LogP contribution is 2.48. The molecule has 112 valence electrons. The Morgan fingerprint density at radius 2 is 2.11 bits per heavy atom. The van der Waals surface area contributed by atoms with E-state index >= 15 is 0 Å². The first-order valence-electron chi connectivity index (χ1n) is 7.43. The molecule has 0 radical (unpaired) electrons. The van der Waals surface area contributed by atoms with Crippen LogP contribution < -0.4 is 10.6 Å². The second-order valence-electron chi connectivity index (χ2n) is 5.33. The average molecular weight is 381 g/mol. The van der Waals surface area contributed by atoms with Crippen molar-refractivity contribution >= 4 is 29.9 Å². The Morgan fingerprint density at radius 3 is 2.63 bits per heavy atom. The molecule has 5 heteroatoms. The van der Waals surface area contributed by atoms with Gasteiger partial charge in [0.15, 0.2) is 5.96 Å². The van der Waals surface area contributed by atoms with E-state index in [9.17, 15) is 0 Å². The SMILES string of the molecule is CCOC1CC(NC2=NCCCN2)C1(CC)CC.I. The molecule has 2 atom stereocenters. The number of guanidine groups is 1. The van der Waals surface area contributed by atoms with Crippen molar-refractivity contribution in [2.45, 2.75) is 58.6 Å². The topological polar surface area (TPSA) is 45.6 Å². The number of ether oxygens (including phenoxy) is 1. The first-order valence-corrected chi connectivity index (χ1v) is 7.43. The van der Waals surface area contributed by atoms with Gasteiger partial charge in [0, 0.05) is 31.2 Å². The lowest BCUT2D eigenvalue weighted by Gasteiger charge is -2.55. The fourth-order valence-corrected chi connectivity index (χ4v) is 3.38. The molecule has 2 N–H and O–H groups in total. The molecule has 19 heavy (non-hydrogen) atoms. The highest BCUT2D eigenvalue weighted by molar-refractivity contribution is 14.0. The van der Waals surface area contributed by atoms with Crippen LogP contribution in [0.15, 0.2) is 4.99 Å². The Hall–Kier alpha value is -0.0400. The summed E-state index contributed by atoms with van der Waals surface area (Å²) in [4.78, 5) is 4.51. The van der Waals surface area contributed by atoms with E-state index in [1.54, 1.807) is 0 Å². The largest absolute Gasteiger partial charge is 0.378 e. The van der Waals surface area contributed by atoms with Crippen LogP contribution in [0.3, 0.4) is 0 Å². The number of aliphatic imine (C=N–C) groups is 1. The summed E-state index contributed by atoms with van der Waals surface area (Å²) in [5.74, 6) is 0.993. The maximum atomic E-state index is 5.89. The molecule has 2 unspecified atom stereocenters. The molecule has 0 aromatic heterocycles. The summed E-state index contributed by atoms with van der Waals surface area (Å²) < 4.78 is 5.89. The molecular weight excluding hydrogens is 353 g/mol. The zero-order valence-corrected chi connectivity index (χ0v) is 14.7. The van der Waals surface area contributed by atoms with Crippen molar-refractivity contribution < 1.29 is 4.74 Å². The molecule has 1 saturated carbocycles. The van der Waals surface area contributed by atoms with Gasteiger partial charge < -0.3 is 15.4 Å². The van der Waals surface area contributed by atoms with E-state index in [1.807, 2.05) is 0 Å². The van der Waals surface area contributed by atoms with E-state index in [4.69, 9.17) is 4.74 Å². The Balaban J connectivity index is 0.00000180. The maximum Gasteiger partial charge on any atom is 0.191 e. The van der Waals surface area contributed by atoms with Gasteiger partial charge in [-0.2, -0.15) is 0 Å². The second-order valence-corrected chi connectivity index (χ2v) is 5.33. The molecule has 2 aliphatic rings. The molecular formula is C14H28IN3O. The third-order valence-electron chi connectivity index (χ3n) is 4.68. The van der Waals surface area contributed by atoms with E-state index in [0.717, 1.165) is 38.5 Å². The first-order chi connectivity index (χ1) is 8.76. The van der Waals surface area contributed by atoms with Crippen molar-refractivity contribution in [2.24, 2.45) is 10.4 Å². The summed E-state index contributed by atoms with van der Waals surface area (Å²) in [5, 5.41) is 6.94. The normalized spacial score (nSPS) is 28.5. The van der Waals surface area contributed by atoms with Crippen LogP contribution in [-0.2, 0) is 4.74 Å². The van der Waals surface area contributed by atoms with E-state index < -0.39 is 0 Å². The van der Waals surface area contributed by atoms with Gasteiger partial charge >= 0.3 is 0 Å². The number of nitrogens with zero attached hydrogens (tertiary/aromatic N) is 1. The van der Waals surface area contributed by atoms with Gasteiger partial charge in [-0.25, -0.2) is 0 Å². The minimum absolute atomic E-state index is 0. The number of nitrogens with one attached hydrogen (secondary N) is 2. The zero-order valence-electron chi connectivity index (χ0n) is 12.4. The van der Waals surface area contributed by atoms with Gasteiger partial charge in [0.1, 0.15) is 0 Å². The number of hydrogen-bond donors (Lipinski definition) is 2. The van der Waals surface area contributed by atoms with Gasteiger partial charge in [-0.15, -0.1) is 24.0 Å². The smallest absolute Gasteiger partial charge is 0.191 e. The van der Waals surface area contributed by atoms with Gasteiger partial charge in [0.05, 0.1) is 6.10 Å². The van der Waals surface area contributed by atoms with Crippen LogP contribution in [0, 0.1) is 5.41 Å². The third kappa shape index (κ3) is 3.35. The molecule has 0 aromatic carbocycles. The molecule has 4 nitrogen and oxygen atoms in total. The van der Waals surface area contributed by atoms with Crippen LogP contribution in [0.5, 0.6) is 0 Å². The molecule has 1 aliphatic heterocycles. The van der Waals surface area contributed by atoms with Crippen LogP contribution in [-0.4, -0.2) is 37.8 Å². The molecule has 1 fully saturated rings. The third-order valence-corrected chi connectivity index (χ3v) is 4.68. The van der Waals surface area contributed by atoms with Crippen LogP contribution in [0.25, 0.3) is 0 Å². The van der Waals surface area contributed by atoms with Gasteiger partial charge in [0.2, 0.25) is 0 Å². The molecule has 0 amide bonds. The van der Waals surface area contributed by atoms with E-state index in [-0.39, 0.29) is 29.4 Å². The summed E-state index contributed by atoms with van der Waals surface area (Å²) in [6.45, 7) is 9.45. The Labute approximate surface area is 134 Å². The van der Waals surface area contributed by atoms with Gasteiger partial charge in [0.25, 0.3) is 0 Å². The zero-order chi connectivity index (χ0) is 13.0. The highest BCUT2D eigenvalue weighted by Gasteiger charge is 2.53. The van der Waals surface area contributed by atoms with Crippen molar-refractivity contribution in [1.29, 1.82) is 0 Å². The van der Waals surface area contributed by atoms with Gasteiger partial charge in [-0.1, -0.05) is 13.8 Å². The van der Waals surface area contributed by atoms with Gasteiger partial charge in [-0.3, -0.25) is 4.99 Å². The molecule has 0 bridgehead atoms. The lowest BCUT2D eigenvalue weighted by Crippen LogP contribution is -2.66. The predicted octanol–water partition coefficient (Wildman–Crippen LogP) is 2.53. The Kier molecular flexibility index (Phi) is 6.86. The van der Waals surface area contributed by atoms with Crippen molar-refractivity contribution in [2.75, 3.05) is 19.7 Å². The van der Waals surface area contributed by atoms with E-state index in [2.05, 4.69) is 36.4 Å². The van der Waals surface area contributed by atoms with Crippen LogP contribution in [0.2, 0.25) is 0 Å². The maximum absolute atomic E-state index is 5.89. The van der Waals surface area contributed by atoms with Crippen LogP contribution >= 0.6 is 24.0 Å². The lowest BCUT2D eigenvalue weighted by atomic mass is 9.58. The average Bonchev–Trinajstić information content (AvgIpc) is 2.40. The van der Waals surface area contributed by atoms with Crippen LogP contribution in [0.1, 0.15) is 46.5 Å². The molecule has 1 heterocycles. The quantitative estimate of drug-likeness (QED) is 0.720. The molecule has 0 spiro atoms. The Bertz CT molecular complexity index is 305. The van der Waals surface area contributed by atoms with Crippen LogP contribution in [0.4, 0.5) is 0 Å². The van der Waals surface area contributed by atoms with E-state index in [0.29, 0.717) is 12.1 Å². The van der Waals surface area contributed by atoms with Crippen molar-refractivity contribution in [1.82, 2.24) is 10.6 Å². The summed E-state index contributed by atoms with van der Waals surface area (Å²) in [7, 11) is 0. The number of rotatable bonds is 5. The van der Waals surface area contributed by atoms with Gasteiger partial charge in [-0.05, 0) is 32.6 Å². The minimum Gasteiger partial charge on any atom is -0.378 e.